The highest BCUT2D eigenvalue weighted by Crippen LogP contribution is 2.31. The molecule has 1 saturated heterocycles. The number of hydrogen-bond acceptors (Lipinski definition) is 5. The fourth-order valence-electron chi connectivity index (χ4n) is 1.60. The average Bonchev–Trinajstić information content (AvgIpc) is 3.12. The van der Waals surface area contributed by atoms with Crippen molar-refractivity contribution in [1.29, 1.82) is 0 Å². The Labute approximate surface area is 102 Å². The summed E-state index contributed by atoms with van der Waals surface area (Å²) < 4.78 is 21.0. The zero-order valence-electron chi connectivity index (χ0n) is 10.5. The molecule has 2 unspecified atom stereocenters. The second-order valence-corrected chi connectivity index (χ2v) is 4.07. The summed E-state index contributed by atoms with van der Waals surface area (Å²) in [5, 5.41) is 8.97. The maximum Gasteiger partial charge on any atom is 0.147 e. The van der Waals surface area contributed by atoms with Crippen molar-refractivity contribution in [3.8, 4) is 0 Å². The number of methoxy groups -OCH3 is 1. The van der Waals surface area contributed by atoms with Crippen LogP contribution < -0.4 is 0 Å². The molecule has 1 aliphatic heterocycles. The van der Waals surface area contributed by atoms with Gasteiger partial charge in [-0.25, -0.2) is 0 Å². The van der Waals surface area contributed by atoms with E-state index in [-0.39, 0.29) is 37.6 Å². The average molecular weight is 246 g/mol. The lowest BCUT2D eigenvalue weighted by Gasteiger charge is -2.20. The lowest BCUT2D eigenvalue weighted by atomic mass is 10.0. The van der Waals surface area contributed by atoms with Gasteiger partial charge < -0.3 is 24.1 Å². The van der Waals surface area contributed by atoms with E-state index >= 15 is 0 Å². The van der Waals surface area contributed by atoms with Crippen LogP contribution in [0.2, 0.25) is 0 Å². The third-order valence-corrected chi connectivity index (χ3v) is 2.79. The number of rotatable bonds is 10. The molecule has 0 amide bonds. The summed E-state index contributed by atoms with van der Waals surface area (Å²) in [6.07, 6.45) is 1.53. The van der Waals surface area contributed by atoms with Crippen LogP contribution in [0.25, 0.3) is 0 Å². The maximum absolute atomic E-state index is 8.97. The number of epoxide rings is 1. The van der Waals surface area contributed by atoms with E-state index in [0.29, 0.717) is 13.2 Å². The van der Waals surface area contributed by atoms with E-state index in [1.54, 1.807) is 7.11 Å². The predicted octanol–water partition coefficient (Wildman–Crippen LogP) is 0.574. The van der Waals surface area contributed by atoms with Crippen LogP contribution in [0.1, 0.15) is 6.92 Å². The zero-order valence-corrected chi connectivity index (χ0v) is 10.5. The van der Waals surface area contributed by atoms with Crippen molar-refractivity contribution in [2.45, 2.75) is 25.2 Å². The number of aliphatic hydroxyl groups excluding tert-OH is 1. The second-order valence-electron chi connectivity index (χ2n) is 4.07. The van der Waals surface area contributed by atoms with Crippen LogP contribution in [-0.4, -0.2) is 57.1 Å². The molecule has 0 spiro atoms. The molecule has 100 valence electrons. The molecule has 1 aliphatic rings. The van der Waals surface area contributed by atoms with Gasteiger partial charge in [0.15, 0.2) is 0 Å². The van der Waals surface area contributed by atoms with Crippen LogP contribution in [0.3, 0.4) is 0 Å². The topological polar surface area (TPSA) is 60.5 Å². The zero-order chi connectivity index (χ0) is 12.7. The van der Waals surface area contributed by atoms with E-state index in [0.717, 1.165) is 0 Å². The first-order chi connectivity index (χ1) is 8.24. The van der Waals surface area contributed by atoms with E-state index in [1.807, 2.05) is 13.0 Å². The molecule has 1 fully saturated rings. The number of hydrogen-bond donors (Lipinski definition) is 1. The first-order valence-corrected chi connectivity index (χ1v) is 5.81. The molecular formula is C12H22O5. The standard InChI is InChI=1S/C12H22O5/c1-4-9(2)11(12-10(7-13)17-12)16-8-15-6-5-14-3/h4,9-13H,1,5-8H2,2-3H3/t9-,10?,11+,12?/m1/s1. The minimum Gasteiger partial charge on any atom is -0.394 e. The molecule has 5 nitrogen and oxygen atoms in total. The maximum atomic E-state index is 8.97. The largest absolute Gasteiger partial charge is 0.394 e. The summed E-state index contributed by atoms with van der Waals surface area (Å²) in [5.41, 5.74) is 0. The van der Waals surface area contributed by atoms with Crippen molar-refractivity contribution in [2.24, 2.45) is 5.92 Å². The highest BCUT2D eigenvalue weighted by atomic mass is 16.7. The normalized spacial score (nSPS) is 26.5. The van der Waals surface area contributed by atoms with Crippen LogP contribution in [0.15, 0.2) is 12.7 Å². The van der Waals surface area contributed by atoms with Crippen LogP contribution in [0, 0.1) is 5.92 Å². The van der Waals surface area contributed by atoms with Crippen LogP contribution in [0.4, 0.5) is 0 Å². The van der Waals surface area contributed by atoms with Gasteiger partial charge in [0, 0.05) is 13.0 Å². The molecule has 0 saturated carbocycles. The summed E-state index contributed by atoms with van der Waals surface area (Å²) in [7, 11) is 1.62. The van der Waals surface area contributed by atoms with Gasteiger partial charge in [0.05, 0.1) is 25.9 Å². The van der Waals surface area contributed by atoms with Gasteiger partial charge in [-0.2, -0.15) is 0 Å². The van der Waals surface area contributed by atoms with E-state index in [1.165, 1.54) is 0 Å². The molecule has 1 N–H and O–H groups in total. The fourth-order valence-corrected chi connectivity index (χ4v) is 1.60. The summed E-state index contributed by atoms with van der Waals surface area (Å²) in [4.78, 5) is 0. The van der Waals surface area contributed by atoms with Gasteiger partial charge in [-0.15, -0.1) is 6.58 Å². The van der Waals surface area contributed by atoms with Gasteiger partial charge in [-0.05, 0) is 0 Å². The smallest absolute Gasteiger partial charge is 0.147 e. The summed E-state index contributed by atoms with van der Waals surface area (Å²) >= 11 is 0. The van der Waals surface area contributed by atoms with E-state index < -0.39 is 0 Å². The lowest BCUT2D eigenvalue weighted by molar-refractivity contribution is -0.113. The fraction of sp³-hybridized carbons (Fsp3) is 0.833. The molecule has 1 rings (SSSR count). The Morgan fingerprint density at radius 1 is 1.47 bits per heavy atom. The number of aliphatic hydroxyl groups is 1. The molecule has 0 aromatic heterocycles. The van der Waals surface area contributed by atoms with Gasteiger partial charge in [0.1, 0.15) is 19.0 Å². The molecule has 0 aliphatic carbocycles. The molecule has 0 aromatic carbocycles. The minimum absolute atomic E-state index is 0.0267. The Kier molecular flexibility index (Phi) is 6.69. The molecule has 1 heterocycles. The molecule has 4 atom stereocenters. The first-order valence-electron chi connectivity index (χ1n) is 5.81. The Bertz CT molecular complexity index is 221. The van der Waals surface area contributed by atoms with Crippen molar-refractivity contribution in [1.82, 2.24) is 0 Å². The van der Waals surface area contributed by atoms with Crippen LogP contribution in [0.5, 0.6) is 0 Å². The van der Waals surface area contributed by atoms with Crippen LogP contribution in [-0.2, 0) is 18.9 Å². The lowest BCUT2D eigenvalue weighted by Crippen LogP contribution is -2.29. The summed E-state index contributed by atoms with van der Waals surface area (Å²) in [6, 6.07) is 0. The molecule has 0 bridgehead atoms. The Morgan fingerprint density at radius 3 is 2.76 bits per heavy atom. The number of ether oxygens (including phenoxy) is 4. The van der Waals surface area contributed by atoms with Gasteiger partial charge in [0.2, 0.25) is 0 Å². The third kappa shape index (κ3) is 4.73. The van der Waals surface area contributed by atoms with E-state index in [9.17, 15) is 0 Å². The minimum atomic E-state index is -0.118. The Balaban J connectivity index is 2.25. The third-order valence-electron chi connectivity index (χ3n) is 2.79. The highest BCUT2D eigenvalue weighted by Gasteiger charge is 2.46. The van der Waals surface area contributed by atoms with Gasteiger partial charge in [-0.1, -0.05) is 13.0 Å². The van der Waals surface area contributed by atoms with Crippen molar-refractivity contribution in [2.75, 3.05) is 33.7 Å². The van der Waals surface area contributed by atoms with Crippen molar-refractivity contribution in [3.05, 3.63) is 12.7 Å². The monoisotopic (exact) mass is 246 g/mol. The first kappa shape index (κ1) is 14.6. The quantitative estimate of drug-likeness (QED) is 0.264. The predicted molar refractivity (Wildman–Crippen MR) is 62.7 cm³/mol. The second kappa shape index (κ2) is 7.79. The Morgan fingerprint density at radius 2 is 2.24 bits per heavy atom. The van der Waals surface area contributed by atoms with Crippen molar-refractivity contribution >= 4 is 0 Å². The van der Waals surface area contributed by atoms with E-state index in [4.69, 9.17) is 24.1 Å². The molecule has 0 aromatic rings. The Hall–Kier alpha value is -0.460. The van der Waals surface area contributed by atoms with Crippen molar-refractivity contribution < 1.29 is 24.1 Å². The molecule has 17 heavy (non-hydrogen) atoms. The summed E-state index contributed by atoms with van der Waals surface area (Å²) in [6.45, 7) is 7.02. The van der Waals surface area contributed by atoms with Gasteiger partial charge in [0.25, 0.3) is 0 Å². The van der Waals surface area contributed by atoms with E-state index in [2.05, 4.69) is 6.58 Å². The van der Waals surface area contributed by atoms with Gasteiger partial charge >= 0.3 is 0 Å². The molecular weight excluding hydrogens is 224 g/mol. The highest BCUT2D eigenvalue weighted by molar-refractivity contribution is 4.97. The van der Waals surface area contributed by atoms with Crippen LogP contribution >= 0.6 is 0 Å². The SMILES string of the molecule is C=C[C@@H](C)[C@H](OCOCCOC)C1OC1CO. The summed E-state index contributed by atoms with van der Waals surface area (Å²) in [5.74, 6) is 0.155. The molecule has 5 heteroatoms. The molecule has 0 radical (unpaired) electrons. The van der Waals surface area contributed by atoms with Gasteiger partial charge in [-0.3, -0.25) is 0 Å². The van der Waals surface area contributed by atoms with Crippen molar-refractivity contribution in [3.63, 3.8) is 0 Å².